The Morgan fingerprint density at radius 2 is 1.92 bits per heavy atom. The van der Waals surface area contributed by atoms with E-state index in [-0.39, 0.29) is 6.03 Å². The Kier molecular flexibility index (Phi) is 7.45. The molecule has 5 nitrogen and oxygen atoms in total. The Morgan fingerprint density at radius 1 is 1.12 bits per heavy atom. The minimum atomic E-state index is -1.10. The van der Waals surface area contributed by atoms with Gasteiger partial charge in [0.2, 0.25) is 0 Å². The molecule has 0 unspecified atom stereocenters. The first kappa shape index (κ1) is 18.2. The maximum atomic E-state index is 12.4. The van der Waals surface area contributed by atoms with Gasteiger partial charge in [0.05, 0.1) is 16.6 Å². The van der Waals surface area contributed by atoms with Crippen molar-refractivity contribution in [3.8, 4) is 0 Å². The second kappa shape index (κ2) is 9.85. The third-order valence-corrected chi connectivity index (χ3v) is 4.69. The molecule has 2 N–H and O–H groups in total. The minimum Gasteiger partial charge on any atom is -0.385 e. The number of benzene rings is 2. The highest BCUT2D eigenvalue weighted by atomic mass is 32.2. The minimum absolute atomic E-state index is 0.257. The van der Waals surface area contributed by atoms with Crippen molar-refractivity contribution in [2.45, 2.75) is 17.1 Å². The fourth-order valence-corrected chi connectivity index (χ4v) is 3.25. The molecule has 6 heteroatoms. The van der Waals surface area contributed by atoms with E-state index in [0.717, 1.165) is 16.9 Å². The molecule has 0 aliphatic heterocycles. The summed E-state index contributed by atoms with van der Waals surface area (Å²) in [4.78, 5) is 12.6. The lowest BCUT2D eigenvalue weighted by atomic mass is 10.2. The van der Waals surface area contributed by atoms with E-state index in [9.17, 15) is 9.00 Å². The summed E-state index contributed by atoms with van der Waals surface area (Å²) < 4.78 is 17.3. The lowest BCUT2D eigenvalue weighted by Gasteiger charge is -2.09. The van der Waals surface area contributed by atoms with Crippen LogP contribution in [0.4, 0.5) is 10.5 Å². The highest BCUT2D eigenvalue weighted by Crippen LogP contribution is 2.16. The maximum Gasteiger partial charge on any atom is 0.319 e. The van der Waals surface area contributed by atoms with Gasteiger partial charge in [-0.05, 0) is 36.2 Å². The van der Waals surface area contributed by atoms with Gasteiger partial charge in [0.15, 0.2) is 0 Å². The summed E-state index contributed by atoms with van der Waals surface area (Å²) in [6.45, 7) is 1.17. The van der Waals surface area contributed by atoms with E-state index in [0.29, 0.717) is 24.6 Å². The monoisotopic (exact) mass is 346 g/mol. The zero-order chi connectivity index (χ0) is 17.2. The van der Waals surface area contributed by atoms with Gasteiger partial charge in [0.25, 0.3) is 0 Å². The number of anilines is 1. The van der Waals surface area contributed by atoms with Gasteiger partial charge in [0, 0.05) is 30.8 Å². The van der Waals surface area contributed by atoms with Gasteiger partial charge in [-0.2, -0.15) is 0 Å². The fraction of sp³-hybridized carbons (Fsp3) is 0.278. The van der Waals surface area contributed by atoms with Crippen molar-refractivity contribution >= 4 is 22.5 Å². The zero-order valence-corrected chi connectivity index (χ0v) is 14.5. The molecule has 2 rings (SSSR count). The normalized spacial score (nSPS) is 11.7. The molecule has 0 radical (unpaired) electrons. The van der Waals surface area contributed by atoms with Crippen LogP contribution in [0.5, 0.6) is 0 Å². The van der Waals surface area contributed by atoms with Crippen LogP contribution in [0, 0.1) is 0 Å². The van der Waals surface area contributed by atoms with Crippen LogP contribution in [0.3, 0.4) is 0 Å². The molecule has 0 aliphatic carbocycles. The highest BCUT2D eigenvalue weighted by molar-refractivity contribution is 7.84. The van der Waals surface area contributed by atoms with Gasteiger partial charge in [0.1, 0.15) is 0 Å². The maximum absolute atomic E-state index is 12.4. The molecule has 0 aliphatic rings. The number of carbonyl (C=O) groups excluding carboxylic acids is 1. The van der Waals surface area contributed by atoms with E-state index in [1.807, 2.05) is 54.6 Å². The van der Waals surface area contributed by atoms with Gasteiger partial charge in [-0.1, -0.05) is 30.3 Å². The molecule has 2 aromatic carbocycles. The van der Waals surface area contributed by atoms with Gasteiger partial charge < -0.3 is 15.4 Å². The van der Waals surface area contributed by atoms with Crippen LogP contribution in [-0.2, 0) is 21.3 Å². The molecule has 128 valence electrons. The van der Waals surface area contributed by atoms with Crippen molar-refractivity contribution < 1.29 is 13.7 Å². The number of hydrogen-bond acceptors (Lipinski definition) is 3. The van der Waals surface area contributed by atoms with Crippen LogP contribution in [0.15, 0.2) is 59.5 Å². The molecule has 0 fully saturated rings. The predicted octanol–water partition coefficient (Wildman–Crippen LogP) is 3.15. The van der Waals surface area contributed by atoms with Crippen LogP contribution >= 0.6 is 0 Å². The highest BCUT2D eigenvalue weighted by Gasteiger charge is 2.06. The Bertz CT molecular complexity index is 677. The van der Waals surface area contributed by atoms with Crippen molar-refractivity contribution in [3.05, 3.63) is 60.2 Å². The van der Waals surface area contributed by atoms with E-state index < -0.39 is 10.8 Å². The summed E-state index contributed by atoms with van der Waals surface area (Å²) >= 11 is 0. The summed E-state index contributed by atoms with van der Waals surface area (Å²) in [6.07, 6.45) is 0.764. The number of urea groups is 1. The number of nitrogens with one attached hydrogen (secondary N) is 2. The molecule has 0 spiro atoms. The summed E-state index contributed by atoms with van der Waals surface area (Å²) in [7, 11) is 0.525. The molecule has 2 aromatic rings. The largest absolute Gasteiger partial charge is 0.385 e. The Balaban J connectivity index is 1.89. The quantitative estimate of drug-likeness (QED) is 0.722. The number of amides is 2. The summed E-state index contributed by atoms with van der Waals surface area (Å²) in [6, 6.07) is 16.5. The Labute approximate surface area is 144 Å². The molecule has 24 heavy (non-hydrogen) atoms. The number of carbonyl (C=O) groups is 1. The van der Waals surface area contributed by atoms with Crippen molar-refractivity contribution in [2.24, 2.45) is 0 Å². The molecular weight excluding hydrogens is 324 g/mol. The molecule has 0 saturated carbocycles. The van der Waals surface area contributed by atoms with Crippen molar-refractivity contribution in [3.63, 3.8) is 0 Å². The van der Waals surface area contributed by atoms with Gasteiger partial charge in [-0.3, -0.25) is 4.21 Å². The predicted molar refractivity (Wildman–Crippen MR) is 96.5 cm³/mol. The number of hydrogen-bond donors (Lipinski definition) is 2. The second-order valence-electron chi connectivity index (χ2n) is 5.23. The second-order valence-corrected chi connectivity index (χ2v) is 6.68. The zero-order valence-electron chi connectivity index (χ0n) is 13.7. The summed E-state index contributed by atoms with van der Waals surface area (Å²) in [5, 5.41) is 5.54. The molecule has 0 saturated heterocycles. The van der Waals surface area contributed by atoms with E-state index >= 15 is 0 Å². The number of ether oxygens (including phenoxy) is 1. The topological polar surface area (TPSA) is 67.4 Å². The Hall–Kier alpha value is -2.18. The third kappa shape index (κ3) is 6.14. The van der Waals surface area contributed by atoms with Crippen molar-refractivity contribution in [1.29, 1.82) is 0 Å². The summed E-state index contributed by atoms with van der Waals surface area (Å²) in [5.74, 6) is 0.412. The molecule has 0 aromatic heterocycles. The first-order chi connectivity index (χ1) is 11.7. The summed E-state index contributed by atoms with van der Waals surface area (Å²) in [5.41, 5.74) is 1.59. The fourth-order valence-electron chi connectivity index (χ4n) is 2.14. The van der Waals surface area contributed by atoms with Crippen LogP contribution in [0.25, 0.3) is 0 Å². The van der Waals surface area contributed by atoms with Crippen LogP contribution in [0.2, 0.25) is 0 Å². The molecule has 1 atom stereocenters. The molecule has 2 amide bonds. The van der Waals surface area contributed by atoms with Gasteiger partial charge >= 0.3 is 6.03 Å². The van der Waals surface area contributed by atoms with E-state index in [1.54, 1.807) is 7.11 Å². The first-order valence-electron chi connectivity index (χ1n) is 7.75. The Morgan fingerprint density at radius 3 is 2.67 bits per heavy atom. The van der Waals surface area contributed by atoms with E-state index in [2.05, 4.69) is 10.6 Å². The van der Waals surface area contributed by atoms with E-state index in [4.69, 9.17) is 4.74 Å². The smallest absolute Gasteiger partial charge is 0.319 e. The van der Waals surface area contributed by atoms with Crippen LogP contribution in [-0.4, -0.2) is 30.5 Å². The lowest BCUT2D eigenvalue weighted by molar-refractivity contribution is 0.194. The average molecular weight is 346 g/mol. The van der Waals surface area contributed by atoms with Crippen molar-refractivity contribution in [1.82, 2.24) is 5.32 Å². The SMILES string of the molecule is COCCCNC(=O)Nc1cccc(C[S@](=O)c2ccccc2)c1. The first-order valence-corrected chi connectivity index (χ1v) is 9.07. The van der Waals surface area contributed by atoms with Gasteiger partial charge in [-0.15, -0.1) is 0 Å². The molecular formula is C18H22N2O3S. The number of rotatable bonds is 8. The molecule has 0 bridgehead atoms. The van der Waals surface area contributed by atoms with E-state index in [1.165, 1.54) is 0 Å². The van der Waals surface area contributed by atoms with Crippen molar-refractivity contribution in [2.75, 3.05) is 25.6 Å². The average Bonchev–Trinajstić information content (AvgIpc) is 2.60. The standard InChI is InChI=1S/C18H22N2O3S/c1-23-12-6-11-19-18(21)20-16-8-5-7-15(13-16)14-24(22)17-9-3-2-4-10-17/h2-5,7-10,13H,6,11-12,14H2,1H3,(H2,19,20,21)/t24-/m0/s1. The molecule has 0 heterocycles. The lowest BCUT2D eigenvalue weighted by Crippen LogP contribution is -2.30. The van der Waals surface area contributed by atoms with Crippen LogP contribution in [0.1, 0.15) is 12.0 Å². The van der Waals surface area contributed by atoms with Crippen LogP contribution < -0.4 is 10.6 Å². The third-order valence-electron chi connectivity index (χ3n) is 3.30. The van der Waals surface area contributed by atoms with Gasteiger partial charge in [-0.25, -0.2) is 4.79 Å². The number of methoxy groups -OCH3 is 1.